The summed E-state index contributed by atoms with van der Waals surface area (Å²) in [5, 5.41) is 3.59. The predicted molar refractivity (Wildman–Crippen MR) is 104 cm³/mol. The van der Waals surface area contributed by atoms with Gasteiger partial charge in [-0.3, -0.25) is 4.79 Å². The molecule has 0 aliphatic rings. The monoisotopic (exact) mass is 368 g/mol. The van der Waals surface area contributed by atoms with Gasteiger partial charge >= 0.3 is 0 Å². The molecule has 0 bridgehead atoms. The molecule has 3 aromatic rings. The number of nitrogens with zero attached hydrogens (tertiary/aromatic N) is 1. The summed E-state index contributed by atoms with van der Waals surface area (Å²) in [7, 11) is 0. The summed E-state index contributed by atoms with van der Waals surface area (Å²) in [6.45, 7) is 4.21. The number of carbonyl (C=O) groups excluding carboxylic acids is 1. The van der Waals surface area contributed by atoms with E-state index in [9.17, 15) is 4.79 Å². The number of para-hydroxylation sites is 1. The summed E-state index contributed by atoms with van der Waals surface area (Å²) in [5.41, 5.74) is 2.78. The Morgan fingerprint density at radius 3 is 2.65 bits per heavy atom. The predicted octanol–water partition coefficient (Wildman–Crippen LogP) is 5.69. The van der Waals surface area contributed by atoms with Crippen molar-refractivity contribution >= 4 is 23.2 Å². The SMILES string of the molecule is CC(C)c1ccccc1NC(=O)CCc1ncc(-c2ccccc2Cl)o1. The van der Waals surface area contributed by atoms with Gasteiger partial charge in [-0.25, -0.2) is 4.98 Å². The lowest BCUT2D eigenvalue weighted by atomic mass is 10.0. The maximum Gasteiger partial charge on any atom is 0.224 e. The number of amides is 1. The molecule has 0 fully saturated rings. The molecule has 1 aromatic heterocycles. The van der Waals surface area contributed by atoms with Crippen molar-refractivity contribution in [2.75, 3.05) is 5.32 Å². The van der Waals surface area contributed by atoms with Crippen LogP contribution in [-0.2, 0) is 11.2 Å². The van der Waals surface area contributed by atoms with E-state index in [0.29, 0.717) is 35.4 Å². The fourth-order valence-electron chi connectivity index (χ4n) is 2.76. The van der Waals surface area contributed by atoms with Crippen molar-refractivity contribution in [3.63, 3.8) is 0 Å². The summed E-state index contributed by atoms with van der Waals surface area (Å²) >= 11 is 6.17. The van der Waals surface area contributed by atoms with Gasteiger partial charge in [0.05, 0.1) is 11.2 Å². The first kappa shape index (κ1) is 18.2. The van der Waals surface area contributed by atoms with Crippen LogP contribution < -0.4 is 5.32 Å². The second kappa shape index (κ2) is 8.19. The third-order valence-corrected chi connectivity index (χ3v) is 4.45. The van der Waals surface area contributed by atoms with Gasteiger partial charge in [0.1, 0.15) is 0 Å². The molecule has 134 valence electrons. The quantitative estimate of drug-likeness (QED) is 0.608. The first-order chi connectivity index (χ1) is 12.5. The number of anilines is 1. The Kier molecular flexibility index (Phi) is 5.74. The Labute approximate surface area is 158 Å². The molecule has 2 aromatic carbocycles. The van der Waals surface area contributed by atoms with E-state index in [4.69, 9.17) is 16.0 Å². The largest absolute Gasteiger partial charge is 0.441 e. The van der Waals surface area contributed by atoms with Crippen molar-refractivity contribution in [2.24, 2.45) is 0 Å². The molecule has 0 radical (unpaired) electrons. The molecule has 3 rings (SSSR count). The van der Waals surface area contributed by atoms with Crippen LogP contribution in [0, 0.1) is 0 Å². The summed E-state index contributed by atoms with van der Waals surface area (Å²) in [6, 6.07) is 15.3. The van der Waals surface area contributed by atoms with E-state index in [1.807, 2.05) is 42.5 Å². The molecule has 0 saturated heterocycles. The number of aromatic nitrogens is 1. The Balaban J connectivity index is 1.62. The lowest BCUT2D eigenvalue weighted by Gasteiger charge is -2.13. The molecule has 0 atom stereocenters. The average molecular weight is 369 g/mol. The molecule has 0 saturated carbocycles. The molecule has 0 aliphatic heterocycles. The van der Waals surface area contributed by atoms with Gasteiger partial charge < -0.3 is 9.73 Å². The number of aryl methyl sites for hydroxylation is 1. The number of hydrogen-bond donors (Lipinski definition) is 1. The standard InChI is InChI=1S/C21H21ClN2O2/c1-14(2)15-7-4-6-10-18(15)24-20(25)11-12-21-23-13-19(26-21)16-8-3-5-9-17(16)22/h3-10,13-14H,11-12H2,1-2H3,(H,24,25). The highest BCUT2D eigenvalue weighted by molar-refractivity contribution is 6.33. The molecule has 0 unspecified atom stereocenters. The van der Waals surface area contributed by atoms with Crippen LogP contribution in [0.25, 0.3) is 11.3 Å². The number of rotatable bonds is 6. The van der Waals surface area contributed by atoms with Crippen LogP contribution in [0.3, 0.4) is 0 Å². The van der Waals surface area contributed by atoms with Crippen LogP contribution in [0.5, 0.6) is 0 Å². The van der Waals surface area contributed by atoms with E-state index in [2.05, 4.69) is 24.1 Å². The van der Waals surface area contributed by atoms with E-state index >= 15 is 0 Å². The zero-order valence-corrected chi connectivity index (χ0v) is 15.6. The van der Waals surface area contributed by atoms with Gasteiger partial charge in [-0.2, -0.15) is 0 Å². The van der Waals surface area contributed by atoms with Crippen molar-refractivity contribution in [1.82, 2.24) is 4.98 Å². The molecular formula is C21H21ClN2O2. The minimum atomic E-state index is -0.0596. The second-order valence-electron chi connectivity index (χ2n) is 6.39. The minimum Gasteiger partial charge on any atom is -0.441 e. The zero-order valence-electron chi connectivity index (χ0n) is 14.8. The molecule has 0 spiro atoms. The summed E-state index contributed by atoms with van der Waals surface area (Å²) < 4.78 is 5.74. The van der Waals surface area contributed by atoms with Crippen LogP contribution in [0.2, 0.25) is 5.02 Å². The lowest BCUT2D eigenvalue weighted by Crippen LogP contribution is -2.14. The smallest absolute Gasteiger partial charge is 0.224 e. The van der Waals surface area contributed by atoms with E-state index in [-0.39, 0.29) is 5.91 Å². The third kappa shape index (κ3) is 4.33. The van der Waals surface area contributed by atoms with Crippen LogP contribution >= 0.6 is 11.6 Å². The van der Waals surface area contributed by atoms with E-state index in [0.717, 1.165) is 16.8 Å². The van der Waals surface area contributed by atoms with Gasteiger partial charge in [0.25, 0.3) is 0 Å². The lowest BCUT2D eigenvalue weighted by molar-refractivity contribution is -0.116. The normalized spacial score (nSPS) is 10.9. The maximum absolute atomic E-state index is 12.3. The van der Waals surface area contributed by atoms with Crippen LogP contribution in [-0.4, -0.2) is 10.9 Å². The highest BCUT2D eigenvalue weighted by Gasteiger charge is 2.12. The number of benzene rings is 2. The van der Waals surface area contributed by atoms with Crippen molar-refractivity contribution in [3.05, 3.63) is 71.2 Å². The summed E-state index contributed by atoms with van der Waals surface area (Å²) in [6.07, 6.45) is 2.37. The van der Waals surface area contributed by atoms with Crippen LogP contribution in [0.1, 0.15) is 37.6 Å². The first-order valence-electron chi connectivity index (χ1n) is 8.63. The first-order valence-corrected chi connectivity index (χ1v) is 9.00. The topological polar surface area (TPSA) is 55.1 Å². The minimum absolute atomic E-state index is 0.0596. The van der Waals surface area contributed by atoms with Gasteiger partial charge in [0.2, 0.25) is 5.91 Å². The molecule has 1 N–H and O–H groups in total. The van der Waals surface area contributed by atoms with E-state index in [1.54, 1.807) is 12.3 Å². The van der Waals surface area contributed by atoms with Gasteiger partial charge in [0, 0.05) is 24.1 Å². The molecule has 5 heteroatoms. The fraction of sp³-hybridized carbons (Fsp3) is 0.238. The second-order valence-corrected chi connectivity index (χ2v) is 6.80. The number of carbonyl (C=O) groups is 1. The molecule has 0 aliphatic carbocycles. The fourth-order valence-corrected chi connectivity index (χ4v) is 2.99. The van der Waals surface area contributed by atoms with Crippen LogP contribution in [0.15, 0.2) is 59.1 Å². The average Bonchev–Trinajstić information content (AvgIpc) is 3.09. The number of oxazole rings is 1. The Morgan fingerprint density at radius 1 is 1.15 bits per heavy atom. The molecule has 4 nitrogen and oxygen atoms in total. The van der Waals surface area contributed by atoms with Gasteiger partial charge in [0.15, 0.2) is 11.7 Å². The van der Waals surface area contributed by atoms with Gasteiger partial charge in [-0.15, -0.1) is 0 Å². The van der Waals surface area contributed by atoms with Crippen LogP contribution in [0.4, 0.5) is 5.69 Å². The Hall–Kier alpha value is -2.59. The highest BCUT2D eigenvalue weighted by atomic mass is 35.5. The Bertz CT molecular complexity index is 902. The third-order valence-electron chi connectivity index (χ3n) is 4.12. The summed E-state index contributed by atoms with van der Waals surface area (Å²) in [4.78, 5) is 16.5. The zero-order chi connectivity index (χ0) is 18.5. The molecule has 26 heavy (non-hydrogen) atoms. The van der Waals surface area contributed by atoms with Crippen molar-refractivity contribution < 1.29 is 9.21 Å². The number of hydrogen-bond acceptors (Lipinski definition) is 3. The molecule has 1 amide bonds. The van der Waals surface area contributed by atoms with E-state index in [1.165, 1.54) is 0 Å². The molecule has 1 heterocycles. The molecular weight excluding hydrogens is 348 g/mol. The Morgan fingerprint density at radius 2 is 1.88 bits per heavy atom. The van der Waals surface area contributed by atoms with Crippen molar-refractivity contribution in [3.8, 4) is 11.3 Å². The van der Waals surface area contributed by atoms with Crippen molar-refractivity contribution in [2.45, 2.75) is 32.6 Å². The number of nitrogens with one attached hydrogen (secondary N) is 1. The summed E-state index contributed by atoms with van der Waals surface area (Å²) in [5.74, 6) is 1.41. The number of halogens is 1. The van der Waals surface area contributed by atoms with Gasteiger partial charge in [-0.1, -0.05) is 55.8 Å². The van der Waals surface area contributed by atoms with E-state index < -0.39 is 0 Å². The van der Waals surface area contributed by atoms with Gasteiger partial charge in [-0.05, 0) is 29.7 Å². The van der Waals surface area contributed by atoms with Crippen molar-refractivity contribution in [1.29, 1.82) is 0 Å². The highest BCUT2D eigenvalue weighted by Crippen LogP contribution is 2.28. The maximum atomic E-state index is 12.3.